The minimum Gasteiger partial charge on any atom is -0.450 e. The molecule has 164 valence electrons. The number of carbonyl (C=O) groups excluding carboxylic acids is 1. The van der Waals surface area contributed by atoms with Gasteiger partial charge in [0, 0.05) is 36.6 Å². The van der Waals surface area contributed by atoms with Crippen molar-refractivity contribution in [3.05, 3.63) is 40.9 Å². The number of aliphatic imine (C=N–C) groups is 1. The summed E-state index contributed by atoms with van der Waals surface area (Å²) >= 11 is 1.70. The second-order valence-corrected chi connectivity index (χ2v) is 8.01. The molecule has 7 nitrogen and oxygen atoms in total. The van der Waals surface area contributed by atoms with E-state index >= 15 is 0 Å². The fourth-order valence-corrected chi connectivity index (χ4v) is 4.28. The molecule has 2 heterocycles. The predicted octanol–water partition coefficient (Wildman–Crippen LogP) is 4.02. The van der Waals surface area contributed by atoms with Gasteiger partial charge in [0.25, 0.3) is 0 Å². The summed E-state index contributed by atoms with van der Waals surface area (Å²) in [4.78, 5) is 23.8. The molecule has 1 aliphatic rings. The Hall–Kier alpha value is -1.88. The van der Waals surface area contributed by atoms with Gasteiger partial charge in [0.15, 0.2) is 5.96 Å². The Morgan fingerprint density at radius 3 is 2.63 bits per heavy atom. The zero-order chi connectivity index (χ0) is 20.6. The van der Waals surface area contributed by atoms with Crippen LogP contribution in [0.25, 0.3) is 10.6 Å². The molecule has 9 heteroatoms. The first kappa shape index (κ1) is 24.4. The molecule has 0 aliphatic carbocycles. The van der Waals surface area contributed by atoms with Crippen LogP contribution in [-0.2, 0) is 11.3 Å². The number of benzene rings is 1. The molecule has 1 saturated heterocycles. The number of likely N-dealkylation sites (tertiary alicyclic amines) is 1. The van der Waals surface area contributed by atoms with Gasteiger partial charge in [0.1, 0.15) is 5.01 Å². The third-order valence-corrected chi connectivity index (χ3v) is 6.12. The Balaban J connectivity index is 0.00000320. The summed E-state index contributed by atoms with van der Waals surface area (Å²) in [7, 11) is 1.78. The molecule has 2 aromatic rings. The van der Waals surface area contributed by atoms with E-state index in [2.05, 4.69) is 27.8 Å². The Morgan fingerprint density at radius 1 is 1.30 bits per heavy atom. The van der Waals surface area contributed by atoms with Crippen molar-refractivity contribution >= 4 is 47.4 Å². The summed E-state index contributed by atoms with van der Waals surface area (Å²) in [6.45, 7) is 6.36. The fourth-order valence-electron chi connectivity index (χ4n) is 3.27. The summed E-state index contributed by atoms with van der Waals surface area (Å²) in [6, 6.07) is 10.5. The molecule has 3 rings (SSSR count). The van der Waals surface area contributed by atoms with E-state index < -0.39 is 0 Å². The molecule has 1 aliphatic heterocycles. The van der Waals surface area contributed by atoms with Crippen LogP contribution in [0.5, 0.6) is 0 Å². The molecule has 2 N–H and O–H groups in total. The average Bonchev–Trinajstić information content (AvgIpc) is 3.13. The Kier molecular flexibility index (Phi) is 9.83. The zero-order valence-electron chi connectivity index (χ0n) is 17.7. The number of thiazole rings is 1. The minimum absolute atomic E-state index is 0. The van der Waals surface area contributed by atoms with E-state index in [4.69, 9.17) is 9.72 Å². The number of carbonyl (C=O) groups is 1. The lowest BCUT2D eigenvalue weighted by atomic mass is 10.1. The van der Waals surface area contributed by atoms with Crippen LogP contribution in [0.4, 0.5) is 4.79 Å². The Labute approximate surface area is 199 Å². The van der Waals surface area contributed by atoms with Gasteiger partial charge < -0.3 is 20.3 Å². The maximum atomic E-state index is 11.8. The molecule has 1 amide bonds. The summed E-state index contributed by atoms with van der Waals surface area (Å²) in [5.41, 5.74) is 2.18. The molecule has 0 atom stereocenters. The largest absolute Gasteiger partial charge is 0.450 e. The quantitative estimate of drug-likeness (QED) is 0.339. The number of nitrogens with zero attached hydrogens (tertiary/aromatic N) is 3. The summed E-state index contributed by atoms with van der Waals surface area (Å²) < 4.78 is 5.08. The number of guanidine groups is 1. The van der Waals surface area contributed by atoms with Crippen molar-refractivity contribution in [2.45, 2.75) is 39.3 Å². The third kappa shape index (κ3) is 6.56. The summed E-state index contributed by atoms with van der Waals surface area (Å²) in [5, 5.41) is 7.90. The first-order valence-corrected chi connectivity index (χ1v) is 10.8. The first-order chi connectivity index (χ1) is 14.1. The highest BCUT2D eigenvalue weighted by Crippen LogP contribution is 2.27. The number of rotatable bonds is 5. The molecule has 0 saturated carbocycles. The molecule has 0 bridgehead atoms. The van der Waals surface area contributed by atoms with Gasteiger partial charge in [0.2, 0.25) is 0 Å². The highest BCUT2D eigenvalue weighted by Gasteiger charge is 2.24. The third-order valence-electron chi connectivity index (χ3n) is 4.92. The molecule has 30 heavy (non-hydrogen) atoms. The minimum atomic E-state index is -0.219. The second kappa shape index (κ2) is 12.1. The highest BCUT2D eigenvalue weighted by atomic mass is 127. The number of hydrogen-bond acceptors (Lipinski definition) is 5. The van der Waals surface area contributed by atoms with Gasteiger partial charge in [-0.15, -0.1) is 35.3 Å². The molecular formula is C21H30IN5O2S. The number of aromatic nitrogens is 1. The number of nitrogens with one attached hydrogen (secondary N) is 2. The molecule has 0 spiro atoms. The first-order valence-electron chi connectivity index (χ1n) is 10.0. The van der Waals surface area contributed by atoms with Crippen LogP contribution in [0.2, 0.25) is 0 Å². The van der Waals surface area contributed by atoms with E-state index in [1.54, 1.807) is 23.3 Å². The zero-order valence-corrected chi connectivity index (χ0v) is 20.8. The Morgan fingerprint density at radius 2 is 2.00 bits per heavy atom. The lowest BCUT2D eigenvalue weighted by molar-refractivity contribution is 0.0963. The van der Waals surface area contributed by atoms with Gasteiger partial charge in [-0.3, -0.25) is 4.99 Å². The number of halogens is 1. The van der Waals surface area contributed by atoms with Gasteiger partial charge in [-0.2, -0.15) is 0 Å². The second-order valence-electron chi connectivity index (χ2n) is 6.92. The fraction of sp³-hybridized carbons (Fsp3) is 0.476. The van der Waals surface area contributed by atoms with E-state index in [0.717, 1.165) is 35.1 Å². The molecule has 0 unspecified atom stereocenters. The van der Waals surface area contributed by atoms with E-state index in [0.29, 0.717) is 26.2 Å². The van der Waals surface area contributed by atoms with Gasteiger partial charge in [0.05, 0.1) is 18.8 Å². The van der Waals surface area contributed by atoms with E-state index in [1.165, 1.54) is 4.88 Å². The van der Waals surface area contributed by atoms with Crippen molar-refractivity contribution in [3.63, 3.8) is 0 Å². The summed E-state index contributed by atoms with van der Waals surface area (Å²) in [5.74, 6) is 0.772. The molecule has 1 aromatic heterocycles. The topological polar surface area (TPSA) is 78.8 Å². The number of piperidine rings is 1. The van der Waals surface area contributed by atoms with Crippen LogP contribution in [0.3, 0.4) is 0 Å². The lowest BCUT2D eigenvalue weighted by Crippen LogP contribution is -2.49. The smallest absolute Gasteiger partial charge is 0.409 e. The van der Waals surface area contributed by atoms with Gasteiger partial charge in [-0.1, -0.05) is 30.3 Å². The van der Waals surface area contributed by atoms with Crippen LogP contribution >= 0.6 is 35.3 Å². The highest BCUT2D eigenvalue weighted by molar-refractivity contribution is 14.0. The molecular weight excluding hydrogens is 513 g/mol. The van der Waals surface area contributed by atoms with Crippen molar-refractivity contribution in [1.29, 1.82) is 0 Å². The average molecular weight is 543 g/mol. The normalized spacial score (nSPS) is 14.8. The van der Waals surface area contributed by atoms with E-state index in [9.17, 15) is 4.79 Å². The van der Waals surface area contributed by atoms with Crippen molar-refractivity contribution in [1.82, 2.24) is 20.5 Å². The maximum absolute atomic E-state index is 11.8. The summed E-state index contributed by atoms with van der Waals surface area (Å²) in [6.07, 6.45) is 1.53. The SMILES string of the molecule is CCOC(=O)N1CCC(NC(=NC)NCc2sc(-c3ccccc3)nc2C)CC1.I. The van der Waals surface area contributed by atoms with Crippen LogP contribution in [-0.4, -0.2) is 54.7 Å². The van der Waals surface area contributed by atoms with Crippen molar-refractivity contribution in [2.75, 3.05) is 26.7 Å². The van der Waals surface area contributed by atoms with Gasteiger partial charge in [-0.05, 0) is 26.7 Å². The van der Waals surface area contributed by atoms with Crippen LogP contribution in [0, 0.1) is 6.92 Å². The monoisotopic (exact) mass is 543 g/mol. The number of amides is 1. The molecule has 0 radical (unpaired) electrons. The van der Waals surface area contributed by atoms with Gasteiger partial charge >= 0.3 is 6.09 Å². The van der Waals surface area contributed by atoms with Crippen LogP contribution in [0.1, 0.15) is 30.3 Å². The van der Waals surface area contributed by atoms with E-state index in [-0.39, 0.29) is 36.1 Å². The van der Waals surface area contributed by atoms with Crippen molar-refractivity contribution < 1.29 is 9.53 Å². The predicted molar refractivity (Wildman–Crippen MR) is 133 cm³/mol. The standard InChI is InChI=1S/C21H29N5O2S.HI/c1-4-28-21(27)26-12-10-17(11-13-26)25-20(22-3)23-14-18-15(2)24-19(29-18)16-8-6-5-7-9-16;/h5-9,17H,4,10-14H2,1-3H3,(H2,22,23,25);1H. The lowest BCUT2D eigenvalue weighted by Gasteiger charge is -2.32. The van der Waals surface area contributed by atoms with Crippen LogP contribution in [0.15, 0.2) is 35.3 Å². The molecule has 1 aromatic carbocycles. The number of hydrogen-bond donors (Lipinski definition) is 2. The van der Waals surface area contributed by atoms with Crippen molar-refractivity contribution in [2.24, 2.45) is 4.99 Å². The van der Waals surface area contributed by atoms with Gasteiger partial charge in [-0.25, -0.2) is 9.78 Å². The molecule has 1 fully saturated rings. The van der Waals surface area contributed by atoms with Crippen molar-refractivity contribution in [3.8, 4) is 10.6 Å². The number of aryl methyl sites for hydroxylation is 1. The number of ether oxygens (including phenoxy) is 1. The maximum Gasteiger partial charge on any atom is 0.409 e. The van der Waals surface area contributed by atoms with Crippen LogP contribution < -0.4 is 10.6 Å². The Bertz CT molecular complexity index is 835. The van der Waals surface area contributed by atoms with E-state index in [1.807, 2.05) is 32.0 Å².